The van der Waals surface area contributed by atoms with Gasteiger partial charge in [0.2, 0.25) is 3.79 Å². The first-order chi connectivity index (χ1) is 13.1. The van der Waals surface area contributed by atoms with Gasteiger partial charge >= 0.3 is 11.9 Å². The fraction of sp³-hybridized carbons (Fsp3) is 0.737. The van der Waals surface area contributed by atoms with Crippen LogP contribution in [0.2, 0.25) is 0 Å². The molecule has 0 heterocycles. The highest BCUT2D eigenvalue weighted by atomic mass is 35.6. The highest BCUT2D eigenvalue weighted by molar-refractivity contribution is 6.67. The summed E-state index contributed by atoms with van der Waals surface area (Å²) >= 11 is 16.0. The van der Waals surface area contributed by atoms with E-state index in [2.05, 4.69) is 16.1 Å². The Labute approximate surface area is 180 Å². The molecule has 6 nitrogen and oxygen atoms in total. The lowest BCUT2D eigenvalue weighted by Gasteiger charge is -2.29. The number of aldehydes is 1. The van der Waals surface area contributed by atoms with Crippen molar-refractivity contribution in [2.45, 2.75) is 60.8 Å². The van der Waals surface area contributed by atoms with Crippen molar-refractivity contribution in [3.8, 4) is 0 Å². The minimum absolute atomic E-state index is 0.0609. The van der Waals surface area contributed by atoms with Crippen molar-refractivity contribution >= 4 is 53.0 Å². The van der Waals surface area contributed by atoms with Gasteiger partial charge in [-0.15, -0.1) is 0 Å². The average molecular weight is 458 g/mol. The lowest BCUT2D eigenvalue weighted by Crippen LogP contribution is -2.26. The smallest absolute Gasteiger partial charge is 0.344 e. The Balaban J connectivity index is 0.000000302. The molecule has 0 aromatic rings. The summed E-state index contributed by atoms with van der Waals surface area (Å²) in [6, 6.07) is 0. The minimum atomic E-state index is -1.72. The van der Waals surface area contributed by atoms with E-state index in [1.807, 2.05) is 7.11 Å². The highest BCUT2D eigenvalue weighted by Gasteiger charge is 2.49. The summed E-state index contributed by atoms with van der Waals surface area (Å²) in [4.78, 5) is 32.1. The SMILES string of the molecule is C=C(CC=O)C(=O)OCC(=O)OCC(Cl)(Cl)Cl.COC1(C2CCCCC2)CC1. The second-order valence-electron chi connectivity index (χ2n) is 6.93. The normalized spacial score (nSPS) is 18.3. The number of carbonyl (C=O) groups excluding carboxylic acids is 3. The highest BCUT2D eigenvalue weighted by Crippen LogP contribution is 2.50. The number of hydrogen-bond donors (Lipinski definition) is 0. The number of rotatable bonds is 8. The maximum atomic E-state index is 11.1. The summed E-state index contributed by atoms with van der Waals surface area (Å²) in [6.07, 6.45) is 10.2. The van der Waals surface area contributed by atoms with Crippen molar-refractivity contribution < 1.29 is 28.6 Å². The summed E-state index contributed by atoms with van der Waals surface area (Å²) in [5.41, 5.74) is 0.301. The van der Waals surface area contributed by atoms with Crippen LogP contribution >= 0.6 is 34.8 Å². The Morgan fingerprint density at radius 1 is 1.14 bits per heavy atom. The van der Waals surface area contributed by atoms with Gasteiger partial charge in [-0.3, -0.25) is 0 Å². The summed E-state index contributed by atoms with van der Waals surface area (Å²) in [7, 11) is 1.89. The number of halogens is 3. The molecule has 0 N–H and O–H groups in total. The Hall–Kier alpha value is -0.820. The van der Waals surface area contributed by atoms with E-state index < -0.39 is 28.9 Å². The molecule has 2 aliphatic carbocycles. The number of ether oxygens (including phenoxy) is 3. The summed E-state index contributed by atoms with van der Waals surface area (Å²) in [6.45, 7) is 2.19. The zero-order valence-electron chi connectivity index (χ0n) is 16.0. The summed E-state index contributed by atoms with van der Waals surface area (Å²) in [5, 5.41) is 0. The maximum absolute atomic E-state index is 11.1. The second-order valence-corrected chi connectivity index (χ2v) is 9.45. The van der Waals surface area contributed by atoms with Crippen LogP contribution in [0.5, 0.6) is 0 Å². The Morgan fingerprint density at radius 2 is 1.75 bits per heavy atom. The van der Waals surface area contributed by atoms with Crippen LogP contribution in [0, 0.1) is 5.92 Å². The van der Waals surface area contributed by atoms with Gasteiger partial charge in [0.05, 0.1) is 5.60 Å². The van der Waals surface area contributed by atoms with Gasteiger partial charge in [0.15, 0.2) is 6.61 Å². The fourth-order valence-corrected chi connectivity index (χ4v) is 3.31. The predicted molar refractivity (Wildman–Crippen MR) is 108 cm³/mol. The zero-order valence-corrected chi connectivity index (χ0v) is 18.3. The third-order valence-corrected chi connectivity index (χ3v) is 5.16. The van der Waals surface area contributed by atoms with Crippen LogP contribution in [0.25, 0.3) is 0 Å². The van der Waals surface area contributed by atoms with E-state index in [0.717, 1.165) is 5.92 Å². The Kier molecular flexibility index (Phi) is 10.8. The first-order valence-corrected chi connectivity index (χ1v) is 10.3. The molecule has 9 heteroatoms. The van der Waals surface area contributed by atoms with Gasteiger partial charge < -0.3 is 19.0 Å². The monoisotopic (exact) mass is 456 g/mol. The fourth-order valence-electron chi connectivity index (χ4n) is 3.15. The van der Waals surface area contributed by atoms with Crippen LogP contribution in [0.4, 0.5) is 0 Å². The first kappa shape index (κ1) is 25.2. The molecule has 0 unspecified atom stereocenters. The number of carbonyl (C=O) groups is 3. The van der Waals surface area contributed by atoms with E-state index in [4.69, 9.17) is 39.5 Å². The van der Waals surface area contributed by atoms with E-state index in [1.54, 1.807) is 0 Å². The van der Waals surface area contributed by atoms with Gasteiger partial charge in [-0.2, -0.15) is 0 Å². The van der Waals surface area contributed by atoms with Gasteiger partial charge in [-0.25, -0.2) is 9.59 Å². The second kappa shape index (κ2) is 12.0. The molecule has 0 atom stereocenters. The van der Waals surface area contributed by atoms with Crippen LogP contribution in [-0.2, 0) is 28.6 Å². The topological polar surface area (TPSA) is 78.9 Å². The van der Waals surface area contributed by atoms with E-state index in [0.29, 0.717) is 11.9 Å². The molecule has 0 spiro atoms. The lowest BCUT2D eigenvalue weighted by atomic mass is 9.84. The van der Waals surface area contributed by atoms with Gasteiger partial charge in [-0.1, -0.05) is 60.6 Å². The lowest BCUT2D eigenvalue weighted by molar-refractivity contribution is -0.156. The van der Waals surface area contributed by atoms with Gasteiger partial charge in [-0.05, 0) is 31.6 Å². The molecule has 160 valence electrons. The van der Waals surface area contributed by atoms with Crippen LogP contribution < -0.4 is 0 Å². The molecule has 2 saturated carbocycles. The largest absolute Gasteiger partial charge is 0.459 e. The quantitative estimate of drug-likeness (QED) is 0.233. The molecule has 28 heavy (non-hydrogen) atoms. The molecule has 0 bridgehead atoms. The molecule has 0 radical (unpaired) electrons. The number of esters is 2. The third kappa shape index (κ3) is 9.59. The zero-order chi connectivity index (χ0) is 21.2. The van der Waals surface area contributed by atoms with Crippen molar-refractivity contribution in [1.29, 1.82) is 0 Å². The standard InChI is InChI=1S/C10H18O.C9H9Cl3O5/c1-11-10(7-8-10)9-5-3-2-4-6-9;1-6(2-3-13)8(15)16-4-7(14)17-5-9(10,11)12/h9H,2-8H2,1H3;3H,1-2,4-5H2. The van der Waals surface area contributed by atoms with Crippen molar-refractivity contribution in [3.63, 3.8) is 0 Å². The van der Waals surface area contributed by atoms with Crippen LogP contribution in [0.3, 0.4) is 0 Å². The van der Waals surface area contributed by atoms with Gasteiger partial charge in [0.25, 0.3) is 0 Å². The Bertz CT molecular complexity index is 548. The molecule has 0 aromatic heterocycles. The number of alkyl halides is 3. The molecule has 0 aromatic carbocycles. The summed E-state index contributed by atoms with van der Waals surface area (Å²) in [5.74, 6) is -0.826. The first-order valence-electron chi connectivity index (χ1n) is 9.19. The number of hydrogen-bond acceptors (Lipinski definition) is 6. The van der Waals surface area contributed by atoms with Crippen molar-refractivity contribution in [2.75, 3.05) is 20.3 Å². The molecule has 2 rings (SSSR count). The molecule has 0 aliphatic heterocycles. The van der Waals surface area contributed by atoms with E-state index in [-0.39, 0.29) is 12.0 Å². The van der Waals surface area contributed by atoms with E-state index in [9.17, 15) is 14.4 Å². The van der Waals surface area contributed by atoms with Crippen LogP contribution in [0.1, 0.15) is 51.4 Å². The predicted octanol–water partition coefficient (Wildman–Crippen LogP) is 4.33. The van der Waals surface area contributed by atoms with Crippen molar-refractivity contribution in [2.24, 2.45) is 5.92 Å². The van der Waals surface area contributed by atoms with E-state index >= 15 is 0 Å². The Morgan fingerprint density at radius 3 is 2.21 bits per heavy atom. The van der Waals surface area contributed by atoms with Gasteiger partial charge in [0.1, 0.15) is 12.9 Å². The van der Waals surface area contributed by atoms with Crippen LogP contribution in [0.15, 0.2) is 12.2 Å². The average Bonchev–Trinajstić information content (AvgIpc) is 3.46. The molecular formula is C19H27Cl3O6. The molecule has 0 amide bonds. The third-order valence-electron chi connectivity index (χ3n) is 4.83. The molecular weight excluding hydrogens is 431 g/mol. The van der Waals surface area contributed by atoms with Crippen molar-refractivity contribution in [1.82, 2.24) is 0 Å². The molecule has 2 fully saturated rings. The number of methoxy groups -OCH3 is 1. The van der Waals surface area contributed by atoms with E-state index in [1.165, 1.54) is 44.9 Å². The van der Waals surface area contributed by atoms with Crippen LogP contribution in [-0.4, -0.2) is 47.9 Å². The molecule has 2 aliphatic rings. The molecule has 0 saturated heterocycles. The maximum Gasteiger partial charge on any atom is 0.344 e. The minimum Gasteiger partial charge on any atom is -0.459 e. The van der Waals surface area contributed by atoms with Crippen molar-refractivity contribution in [3.05, 3.63) is 12.2 Å². The van der Waals surface area contributed by atoms with Gasteiger partial charge in [0, 0.05) is 19.1 Å². The summed E-state index contributed by atoms with van der Waals surface area (Å²) < 4.78 is 12.8.